The molecule has 0 saturated carbocycles. The summed E-state index contributed by atoms with van der Waals surface area (Å²) in [6.07, 6.45) is 0.951. The van der Waals surface area contributed by atoms with Crippen molar-refractivity contribution in [1.82, 2.24) is 10.2 Å². The van der Waals surface area contributed by atoms with Crippen LogP contribution in [0.4, 0.5) is 4.79 Å². The molecule has 1 saturated heterocycles. The van der Waals surface area contributed by atoms with Crippen LogP contribution in [0.25, 0.3) is 0 Å². The minimum atomic E-state index is -0.0815. The summed E-state index contributed by atoms with van der Waals surface area (Å²) in [7, 11) is 4.86. The van der Waals surface area contributed by atoms with Crippen LogP contribution in [-0.4, -0.2) is 38.8 Å². The van der Waals surface area contributed by atoms with Gasteiger partial charge in [0.25, 0.3) is 0 Å². The van der Waals surface area contributed by atoms with Gasteiger partial charge in [0.15, 0.2) is 0 Å². The van der Waals surface area contributed by atoms with Crippen LogP contribution in [0.3, 0.4) is 0 Å². The minimum absolute atomic E-state index is 0.0815. The normalized spacial score (nSPS) is 15.8. The van der Waals surface area contributed by atoms with Crippen molar-refractivity contribution in [2.75, 3.05) is 27.9 Å². The van der Waals surface area contributed by atoms with E-state index in [2.05, 4.69) is 5.32 Å². The van der Waals surface area contributed by atoms with Crippen molar-refractivity contribution >= 4 is 6.03 Å². The van der Waals surface area contributed by atoms with E-state index in [1.165, 1.54) is 0 Å². The fourth-order valence-corrected chi connectivity index (χ4v) is 3.10. The van der Waals surface area contributed by atoms with Gasteiger partial charge in [-0.3, -0.25) is 0 Å². The number of amides is 2. The largest absolute Gasteiger partial charge is 0.497 e. The zero-order valence-corrected chi connectivity index (χ0v) is 15.3. The lowest BCUT2D eigenvalue weighted by atomic mass is 9.95. The molecular formula is C20H24N2O4. The van der Waals surface area contributed by atoms with E-state index >= 15 is 0 Å². The van der Waals surface area contributed by atoms with Crippen LogP contribution in [0.5, 0.6) is 17.2 Å². The highest BCUT2D eigenvalue weighted by molar-refractivity contribution is 5.75. The lowest BCUT2D eigenvalue weighted by Crippen LogP contribution is -2.49. The van der Waals surface area contributed by atoms with Crippen LogP contribution in [0, 0.1) is 0 Å². The number of nitrogens with zero attached hydrogens (tertiary/aromatic N) is 1. The molecule has 0 radical (unpaired) electrons. The number of carbonyl (C=O) groups is 1. The van der Waals surface area contributed by atoms with Gasteiger partial charge in [-0.1, -0.05) is 12.1 Å². The quantitative estimate of drug-likeness (QED) is 0.862. The Kier molecular flexibility index (Phi) is 5.51. The molecule has 1 unspecified atom stereocenters. The van der Waals surface area contributed by atoms with Gasteiger partial charge in [-0.05, 0) is 36.2 Å². The maximum atomic E-state index is 12.6. The number of rotatable bonds is 6. The smallest absolute Gasteiger partial charge is 0.318 e. The van der Waals surface area contributed by atoms with E-state index in [9.17, 15) is 4.79 Å². The summed E-state index contributed by atoms with van der Waals surface area (Å²) in [5.74, 6) is 2.22. The first-order valence-electron chi connectivity index (χ1n) is 8.55. The Bertz CT molecular complexity index is 778. The standard InChI is InChI=1S/C20H24N2O4/c1-24-16-6-4-5-14(11-16)18-9-10-22(18)20(23)21-13-15-7-8-17(25-2)12-19(15)26-3/h4-8,11-12,18H,9-10,13H2,1-3H3,(H,21,23). The van der Waals surface area contributed by atoms with E-state index in [0.29, 0.717) is 12.3 Å². The molecule has 2 aromatic carbocycles. The average molecular weight is 356 g/mol. The maximum absolute atomic E-state index is 12.6. The minimum Gasteiger partial charge on any atom is -0.497 e. The molecule has 2 amide bonds. The Morgan fingerprint density at radius 2 is 1.85 bits per heavy atom. The highest BCUT2D eigenvalue weighted by Crippen LogP contribution is 2.34. The molecule has 0 aromatic heterocycles. The van der Waals surface area contributed by atoms with Crippen molar-refractivity contribution in [2.45, 2.75) is 19.0 Å². The van der Waals surface area contributed by atoms with Gasteiger partial charge >= 0.3 is 6.03 Å². The van der Waals surface area contributed by atoms with E-state index in [1.54, 1.807) is 21.3 Å². The van der Waals surface area contributed by atoms with Crippen LogP contribution in [0.15, 0.2) is 42.5 Å². The van der Waals surface area contributed by atoms with E-state index in [4.69, 9.17) is 14.2 Å². The Morgan fingerprint density at radius 3 is 2.50 bits per heavy atom. The van der Waals surface area contributed by atoms with E-state index in [0.717, 1.165) is 35.6 Å². The molecule has 6 nitrogen and oxygen atoms in total. The van der Waals surface area contributed by atoms with Crippen molar-refractivity contribution in [1.29, 1.82) is 0 Å². The van der Waals surface area contributed by atoms with Gasteiger partial charge in [0, 0.05) is 24.7 Å². The second kappa shape index (κ2) is 7.99. The monoisotopic (exact) mass is 356 g/mol. The number of likely N-dealkylation sites (tertiary alicyclic amines) is 1. The Balaban J connectivity index is 1.63. The molecule has 138 valence electrons. The van der Waals surface area contributed by atoms with Gasteiger partial charge in [-0.2, -0.15) is 0 Å². The first kappa shape index (κ1) is 17.9. The fourth-order valence-electron chi connectivity index (χ4n) is 3.10. The molecular weight excluding hydrogens is 332 g/mol. The summed E-state index contributed by atoms with van der Waals surface area (Å²) in [5, 5.41) is 2.98. The molecule has 1 N–H and O–H groups in total. The van der Waals surface area contributed by atoms with Crippen LogP contribution in [0.1, 0.15) is 23.6 Å². The molecule has 1 fully saturated rings. The van der Waals surface area contributed by atoms with E-state index in [-0.39, 0.29) is 12.1 Å². The summed E-state index contributed by atoms with van der Waals surface area (Å²) in [4.78, 5) is 14.4. The van der Waals surface area contributed by atoms with Crippen molar-refractivity contribution < 1.29 is 19.0 Å². The zero-order chi connectivity index (χ0) is 18.5. The Labute approximate surface area is 153 Å². The second-order valence-electron chi connectivity index (χ2n) is 6.11. The van der Waals surface area contributed by atoms with Gasteiger partial charge in [0.1, 0.15) is 17.2 Å². The summed E-state index contributed by atoms with van der Waals surface area (Å²) in [6.45, 7) is 1.14. The number of urea groups is 1. The van der Waals surface area contributed by atoms with Crippen molar-refractivity contribution in [2.24, 2.45) is 0 Å². The number of nitrogens with one attached hydrogen (secondary N) is 1. The Morgan fingerprint density at radius 1 is 1.08 bits per heavy atom. The Hall–Kier alpha value is -2.89. The summed E-state index contributed by atoms with van der Waals surface area (Å²) >= 11 is 0. The maximum Gasteiger partial charge on any atom is 0.318 e. The summed E-state index contributed by atoms with van der Waals surface area (Å²) < 4.78 is 15.9. The number of hydrogen-bond donors (Lipinski definition) is 1. The number of hydrogen-bond acceptors (Lipinski definition) is 4. The third kappa shape index (κ3) is 3.69. The van der Waals surface area contributed by atoms with Crippen LogP contribution >= 0.6 is 0 Å². The molecule has 26 heavy (non-hydrogen) atoms. The first-order valence-corrected chi connectivity index (χ1v) is 8.55. The zero-order valence-electron chi connectivity index (χ0n) is 15.3. The summed E-state index contributed by atoms with van der Waals surface area (Å²) in [5.41, 5.74) is 1.99. The molecule has 1 atom stereocenters. The van der Waals surface area contributed by atoms with Gasteiger partial charge in [0.05, 0.1) is 27.4 Å². The van der Waals surface area contributed by atoms with Gasteiger partial charge in [0.2, 0.25) is 0 Å². The van der Waals surface area contributed by atoms with Crippen LogP contribution < -0.4 is 19.5 Å². The number of carbonyl (C=O) groups excluding carboxylic acids is 1. The molecule has 3 rings (SSSR count). The van der Waals surface area contributed by atoms with Crippen molar-refractivity contribution in [3.8, 4) is 17.2 Å². The third-order valence-corrected chi connectivity index (χ3v) is 4.68. The van der Waals surface area contributed by atoms with E-state index in [1.807, 2.05) is 47.4 Å². The van der Waals surface area contributed by atoms with Gasteiger partial charge in [-0.25, -0.2) is 4.79 Å². The third-order valence-electron chi connectivity index (χ3n) is 4.68. The van der Waals surface area contributed by atoms with Crippen LogP contribution in [-0.2, 0) is 6.54 Å². The number of methoxy groups -OCH3 is 3. The predicted molar refractivity (Wildman–Crippen MR) is 98.8 cm³/mol. The SMILES string of the molecule is COc1cccc(C2CCN2C(=O)NCc2ccc(OC)cc2OC)c1. The lowest BCUT2D eigenvalue weighted by molar-refractivity contribution is 0.115. The summed E-state index contributed by atoms with van der Waals surface area (Å²) in [6, 6.07) is 13.4. The van der Waals surface area contributed by atoms with E-state index < -0.39 is 0 Å². The number of ether oxygens (including phenoxy) is 3. The topological polar surface area (TPSA) is 60.0 Å². The molecule has 0 bridgehead atoms. The molecule has 2 aromatic rings. The highest BCUT2D eigenvalue weighted by atomic mass is 16.5. The molecule has 0 spiro atoms. The number of benzene rings is 2. The lowest BCUT2D eigenvalue weighted by Gasteiger charge is -2.41. The van der Waals surface area contributed by atoms with Crippen molar-refractivity contribution in [3.05, 3.63) is 53.6 Å². The molecule has 1 heterocycles. The molecule has 1 aliphatic rings. The molecule has 1 aliphatic heterocycles. The van der Waals surface area contributed by atoms with Crippen LogP contribution in [0.2, 0.25) is 0 Å². The first-order chi connectivity index (χ1) is 12.7. The van der Waals surface area contributed by atoms with Gasteiger partial charge < -0.3 is 24.4 Å². The van der Waals surface area contributed by atoms with Crippen molar-refractivity contribution in [3.63, 3.8) is 0 Å². The fraction of sp³-hybridized carbons (Fsp3) is 0.350. The van der Waals surface area contributed by atoms with Gasteiger partial charge in [-0.15, -0.1) is 0 Å². The highest BCUT2D eigenvalue weighted by Gasteiger charge is 2.33. The average Bonchev–Trinajstić information content (AvgIpc) is 2.65. The molecule has 0 aliphatic carbocycles. The predicted octanol–water partition coefficient (Wildman–Crippen LogP) is 3.37. The second-order valence-corrected chi connectivity index (χ2v) is 6.11. The molecule has 6 heteroatoms.